The number of amides is 4. The highest BCUT2D eigenvalue weighted by Gasteiger charge is 2.50. The van der Waals surface area contributed by atoms with Crippen LogP contribution in [-0.2, 0) is 21.7 Å². The zero-order chi connectivity index (χ0) is 22.2. The van der Waals surface area contributed by atoms with Crippen LogP contribution in [0.25, 0.3) is 0 Å². The second-order valence-electron chi connectivity index (χ2n) is 8.05. The van der Waals surface area contributed by atoms with Gasteiger partial charge in [-0.15, -0.1) is 0 Å². The molecule has 8 heteroatoms. The van der Waals surface area contributed by atoms with E-state index < -0.39 is 23.3 Å². The molecule has 4 amide bonds. The van der Waals surface area contributed by atoms with Gasteiger partial charge in [-0.3, -0.25) is 14.5 Å². The molecule has 1 heterocycles. The van der Waals surface area contributed by atoms with Crippen molar-refractivity contribution in [3.63, 3.8) is 0 Å². The maximum absolute atomic E-state index is 13.3. The number of carbonyl (C=O) groups is 3. The molecule has 0 aromatic heterocycles. The fourth-order valence-electron chi connectivity index (χ4n) is 3.78. The molecule has 1 atom stereocenters. The number of ether oxygens (including phenoxy) is 1. The molecule has 2 fully saturated rings. The Bertz CT molecular complexity index is 1000. The van der Waals surface area contributed by atoms with Gasteiger partial charge in [-0.05, 0) is 55.2 Å². The number of benzene rings is 2. The third kappa shape index (κ3) is 4.10. The average Bonchev–Trinajstić information content (AvgIpc) is 3.57. The van der Waals surface area contributed by atoms with Crippen LogP contribution >= 0.6 is 0 Å². The number of methoxy groups -OCH3 is 1. The van der Waals surface area contributed by atoms with Crippen LogP contribution in [0.4, 0.5) is 9.18 Å². The van der Waals surface area contributed by atoms with Gasteiger partial charge in [0.15, 0.2) is 0 Å². The van der Waals surface area contributed by atoms with E-state index in [-0.39, 0.29) is 18.5 Å². The zero-order valence-corrected chi connectivity index (χ0v) is 17.4. The fourth-order valence-corrected chi connectivity index (χ4v) is 3.78. The summed E-state index contributed by atoms with van der Waals surface area (Å²) < 4.78 is 18.4. The van der Waals surface area contributed by atoms with E-state index in [2.05, 4.69) is 5.32 Å². The van der Waals surface area contributed by atoms with E-state index in [1.165, 1.54) is 24.3 Å². The average molecular weight is 425 g/mol. The minimum Gasteiger partial charge on any atom is -0.497 e. The smallest absolute Gasteiger partial charge is 0.325 e. The van der Waals surface area contributed by atoms with E-state index in [1.54, 1.807) is 18.9 Å². The molecule has 2 aromatic rings. The highest BCUT2D eigenvalue weighted by molar-refractivity contribution is 6.09. The molecule has 7 nitrogen and oxygen atoms in total. The largest absolute Gasteiger partial charge is 0.497 e. The molecule has 1 aliphatic carbocycles. The lowest BCUT2D eigenvalue weighted by atomic mass is 9.92. The molecule has 1 saturated carbocycles. The van der Waals surface area contributed by atoms with Gasteiger partial charge in [0.05, 0.1) is 7.11 Å². The Morgan fingerprint density at radius 2 is 1.81 bits per heavy atom. The van der Waals surface area contributed by atoms with E-state index in [0.717, 1.165) is 29.1 Å². The third-order valence-electron chi connectivity index (χ3n) is 5.81. The number of rotatable bonds is 7. The normalized spacial score (nSPS) is 20.5. The maximum Gasteiger partial charge on any atom is 0.325 e. The first kappa shape index (κ1) is 20.8. The van der Waals surface area contributed by atoms with Crippen LogP contribution in [0, 0.1) is 5.82 Å². The van der Waals surface area contributed by atoms with Crippen molar-refractivity contribution in [3.05, 3.63) is 65.5 Å². The topological polar surface area (TPSA) is 79.0 Å². The SMILES string of the molecule is COc1ccc(CN(C(=O)CN2C(=O)N[C@](C)(c3ccc(F)cc3)C2=O)C2CC2)cc1. The summed E-state index contributed by atoms with van der Waals surface area (Å²) in [5.41, 5.74) is 0.0553. The minimum absolute atomic E-state index is 0.110. The Labute approximate surface area is 179 Å². The van der Waals surface area contributed by atoms with Gasteiger partial charge in [-0.2, -0.15) is 0 Å². The lowest BCUT2D eigenvalue weighted by molar-refractivity contribution is -0.139. The number of imide groups is 1. The number of nitrogens with one attached hydrogen (secondary N) is 1. The van der Waals surface area contributed by atoms with Crippen molar-refractivity contribution in [2.45, 2.75) is 37.9 Å². The molecule has 0 bridgehead atoms. The number of nitrogens with zero attached hydrogens (tertiary/aromatic N) is 2. The van der Waals surface area contributed by atoms with Gasteiger partial charge in [0, 0.05) is 12.6 Å². The van der Waals surface area contributed by atoms with Gasteiger partial charge in [-0.25, -0.2) is 9.18 Å². The molecule has 1 saturated heterocycles. The Morgan fingerprint density at radius 1 is 1.16 bits per heavy atom. The first-order chi connectivity index (χ1) is 14.8. The number of hydrogen-bond donors (Lipinski definition) is 1. The van der Waals surface area contributed by atoms with Crippen molar-refractivity contribution in [2.24, 2.45) is 0 Å². The van der Waals surface area contributed by atoms with Gasteiger partial charge in [-0.1, -0.05) is 24.3 Å². The van der Waals surface area contributed by atoms with Crippen LogP contribution < -0.4 is 10.1 Å². The molecule has 31 heavy (non-hydrogen) atoms. The number of halogens is 1. The van der Waals surface area contributed by atoms with Gasteiger partial charge < -0.3 is 15.0 Å². The Morgan fingerprint density at radius 3 is 2.39 bits per heavy atom. The summed E-state index contributed by atoms with van der Waals surface area (Å²) in [4.78, 5) is 41.3. The van der Waals surface area contributed by atoms with Crippen LogP contribution in [0.15, 0.2) is 48.5 Å². The maximum atomic E-state index is 13.3. The number of hydrogen-bond acceptors (Lipinski definition) is 4. The second-order valence-corrected chi connectivity index (χ2v) is 8.05. The van der Waals surface area contributed by atoms with E-state index in [4.69, 9.17) is 4.74 Å². The summed E-state index contributed by atoms with van der Waals surface area (Å²) in [5, 5.41) is 2.65. The highest BCUT2D eigenvalue weighted by Crippen LogP contribution is 2.31. The molecule has 0 radical (unpaired) electrons. The first-order valence-electron chi connectivity index (χ1n) is 10.1. The zero-order valence-electron chi connectivity index (χ0n) is 17.4. The summed E-state index contributed by atoms with van der Waals surface area (Å²) in [7, 11) is 1.59. The first-order valence-corrected chi connectivity index (χ1v) is 10.1. The van der Waals surface area contributed by atoms with Crippen molar-refractivity contribution in [1.82, 2.24) is 15.1 Å². The van der Waals surface area contributed by atoms with Crippen molar-refractivity contribution in [2.75, 3.05) is 13.7 Å². The lowest BCUT2D eigenvalue weighted by Crippen LogP contribution is -2.45. The molecule has 0 spiro atoms. The molecule has 1 aliphatic heterocycles. The lowest BCUT2D eigenvalue weighted by Gasteiger charge is -2.25. The van der Waals surface area contributed by atoms with E-state index in [1.807, 2.05) is 24.3 Å². The fraction of sp³-hybridized carbons (Fsp3) is 0.348. The van der Waals surface area contributed by atoms with Crippen LogP contribution in [0.1, 0.15) is 30.9 Å². The molecule has 162 valence electrons. The molecule has 1 N–H and O–H groups in total. The van der Waals surface area contributed by atoms with Crippen molar-refractivity contribution < 1.29 is 23.5 Å². The van der Waals surface area contributed by atoms with Crippen LogP contribution in [-0.4, -0.2) is 47.3 Å². The Balaban J connectivity index is 1.48. The second kappa shape index (κ2) is 8.02. The number of urea groups is 1. The van der Waals surface area contributed by atoms with E-state index in [0.29, 0.717) is 12.1 Å². The molecular weight excluding hydrogens is 401 g/mol. The Kier molecular flexibility index (Phi) is 5.39. The summed E-state index contributed by atoms with van der Waals surface area (Å²) in [6.45, 7) is 1.61. The summed E-state index contributed by atoms with van der Waals surface area (Å²) >= 11 is 0. The third-order valence-corrected chi connectivity index (χ3v) is 5.81. The van der Waals surface area contributed by atoms with E-state index >= 15 is 0 Å². The van der Waals surface area contributed by atoms with Crippen LogP contribution in [0.3, 0.4) is 0 Å². The van der Waals surface area contributed by atoms with Crippen LogP contribution in [0.5, 0.6) is 5.75 Å². The highest BCUT2D eigenvalue weighted by atomic mass is 19.1. The van der Waals surface area contributed by atoms with Crippen molar-refractivity contribution in [1.29, 1.82) is 0 Å². The summed E-state index contributed by atoms with van der Waals surface area (Å²) in [6, 6.07) is 12.3. The Hall–Kier alpha value is -3.42. The van der Waals surface area contributed by atoms with Crippen LogP contribution in [0.2, 0.25) is 0 Å². The van der Waals surface area contributed by atoms with Gasteiger partial charge in [0.25, 0.3) is 5.91 Å². The van der Waals surface area contributed by atoms with E-state index in [9.17, 15) is 18.8 Å². The van der Waals surface area contributed by atoms with Crippen molar-refractivity contribution in [3.8, 4) is 5.75 Å². The summed E-state index contributed by atoms with van der Waals surface area (Å²) in [5.74, 6) is -0.523. The molecule has 2 aromatic carbocycles. The predicted molar refractivity (Wildman–Crippen MR) is 111 cm³/mol. The molecule has 0 unspecified atom stereocenters. The van der Waals surface area contributed by atoms with Gasteiger partial charge in [0.1, 0.15) is 23.7 Å². The molecular formula is C23H24FN3O4. The molecule has 4 rings (SSSR count). The predicted octanol–water partition coefficient (Wildman–Crippen LogP) is 2.79. The van der Waals surface area contributed by atoms with Crippen molar-refractivity contribution >= 4 is 17.8 Å². The van der Waals surface area contributed by atoms with Gasteiger partial charge >= 0.3 is 6.03 Å². The number of carbonyl (C=O) groups excluding carboxylic acids is 3. The molecule has 2 aliphatic rings. The summed E-state index contributed by atoms with van der Waals surface area (Å²) in [6.07, 6.45) is 1.80. The quantitative estimate of drug-likeness (QED) is 0.692. The monoisotopic (exact) mass is 425 g/mol. The standard InChI is InChI=1S/C23H24FN3O4/c1-23(16-5-7-17(24)8-6-16)21(29)27(22(30)25-23)14-20(28)26(18-9-10-18)13-15-3-11-19(31-2)12-4-15/h3-8,11-12,18H,9-10,13-14H2,1-2H3,(H,25,30)/t23-/m1/s1. The van der Waals surface area contributed by atoms with Gasteiger partial charge in [0.2, 0.25) is 5.91 Å². The minimum atomic E-state index is -1.34.